The van der Waals surface area contributed by atoms with E-state index >= 15 is 0 Å². The number of hydrogen-bond donors (Lipinski definition) is 2. The Morgan fingerprint density at radius 3 is 2.84 bits per heavy atom. The second-order valence-corrected chi connectivity index (χ2v) is 6.38. The molecule has 0 radical (unpaired) electrons. The van der Waals surface area contributed by atoms with E-state index in [1.807, 2.05) is 24.3 Å². The molecule has 0 unspecified atom stereocenters. The van der Waals surface area contributed by atoms with Gasteiger partial charge in [0.15, 0.2) is 4.34 Å². The van der Waals surface area contributed by atoms with Crippen LogP contribution < -0.4 is 5.73 Å². The first-order chi connectivity index (χ1) is 9.22. The lowest BCUT2D eigenvalue weighted by Crippen LogP contribution is -1.88. The molecule has 0 atom stereocenters. The smallest absolute Gasteiger partial charge is 0.151 e. The summed E-state index contributed by atoms with van der Waals surface area (Å²) in [7, 11) is 0. The predicted molar refractivity (Wildman–Crippen MR) is 81.7 cm³/mol. The summed E-state index contributed by atoms with van der Waals surface area (Å²) in [5, 5.41) is 9.38. The average Bonchev–Trinajstić information content (AvgIpc) is 2.83. The minimum atomic E-state index is 0.133. The highest BCUT2D eigenvalue weighted by Gasteiger charge is 2.05. The van der Waals surface area contributed by atoms with Crippen molar-refractivity contribution in [2.45, 2.75) is 10.1 Å². The number of hydrogen-bond acceptors (Lipinski definition) is 5. The Labute approximate surface area is 119 Å². The highest BCUT2D eigenvalue weighted by atomic mass is 32.2. The number of fused-ring (bicyclic) bond motifs is 1. The normalized spacial score (nSPS) is 10.9. The summed E-state index contributed by atoms with van der Waals surface area (Å²) in [5.41, 5.74) is 8.22. The Bertz CT molecular complexity index is 691. The molecule has 96 valence electrons. The average molecular weight is 288 g/mol. The number of anilines is 1. The number of benzene rings is 2. The summed E-state index contributed by atoms with van der Waals surface area (Å²) in [6.45, 7) is 0. The highest BCUT2D eigenvalue weighted by molar-refractivity contribution is 8.00. The topological polar surface area (TPSA) is 59.1 Å². The zero-order valence-electron chi connectivity index (χ0n) is 10.0. The lowest BCUT2D eigenvalue weighted by molar-refractivity contribution is 0.478. The Hall–Kier alpha value is -1.72. The summed E-state index contributed by atoms with van der Waals surface area (Å²) < 4.78 is 2.25. The fourth-order valence-corrected chi connectivity index (χ4v) is 3.76. The van der Waals surface area contributed by atoms with Crippen molar-refractivity contribution in [1.82, 2.24) is 4.98 Å². The third kappa shape index (κ3) is 2.67. The summed E-state index contributed by atoms with van der Waals surface area (Å²) >= 11 is 3.38. The predicted octanol–water partition coefficient (Wildman–Crippen LogP) is 3.88. The molecule has 3 N–H and O–H groups in total. The second-order valence-electron chi connectivity index (χ2n) is 4.13. The molecule has 3 aromatic rings. The van der Waals surface area contributed by atoms with Crippen LogP contribution >= 0.6 is 23.1 Å². The molecule has 0 saturated heterocycles. The van der Waals surface area contributed by atoms with Crippen LogP contribution in [0.1, 0.15) is 5.56 Å². The van der Waals surface area contributed by atoms with Crippen molar-refractivity contribution in [3.63, 3.8) is 0 Å². The number of nitrogens with zero attached hydrogens (tertiary/aromatic N) is 1. The molecule has 19 heavy (non-hydrogen) atoms. The summed E-state index contributed by atoms with van der Waals surface area (Å²) in [4.78, 5) is 4.57. The van der Waals surface area contributed by atoms with E-state index in [0.29, 0.717) is 5.69 Å². The van der Waals surface area contributed by atoms with E-state index in [1.165, 1.54) is 4.70 Å². The van der Waals surface area contributed by atoms with Crippen LogP contribution in [0.25, 0.3) is 10.2 Å². The molecule has 3 rings (SSSR count). The van der Waals surface area contributed by atoms with Crippen molar-refractivity contribution in [2.24, 2.45) is 0 Å². The molecule has 5 heteroatoms. The van der Waals surface area contributed by atoms with E-state index in [-0.39, 0.29) is 5.75 Å². The number of nitrogen functional groups attached to an aromatic ring is 1. The third-order valence-corrected chi connectivity index (χ3v) is 4.98. The van der Waals surface area contributed by atoms with Crippen LogP contribution in [0.2, 0.25) is 0 Å². The van der Waals surface area contributed by atoms with Gasteiger partial charge in [-0.3, -0.25) is 0 Å². The van der Waals surface area contributed by atoms with Gasteiger partial charge in [0.25, 0.3) is 0 Å². The molecule has 0 saturated carbocycles. The summed E-state index contributed by atoms with van der Waals surface area (Å²) in [6, 6.07) is 13.4. The lowest BCUT2D eigenvalue weighted by atomic mass is 10.2. The fraction of sp³-hybridized carbons (Fsp3) is 0.0714. The van der Waals surface area contributed by atoms with E-state index in [4.69, 9.17) is 5.73 Å². The van der Waals surface area contributed by atoms with Gasteiger partial charge >= 0.3 is 0 Å². The van der Waals surface area contributed by atoms with Gasteiger partial charge in [-0.05, 0) is 29.8 Å². The van der Waals surface area contributed by atoms with E-state index < -0.39 is 0 Å². The molecule has 0 aliphatic heterocycles. The number of thioether (sulfide) groups is 1. The van der Waals surface area contributed by atoms with Crippen molar-refractivity contribution in [3.05, 3.63) is 48.0 Å². The van der Waals surface area contributed by atoms with Gasteiger partial charge in [0.05, 0.1) is 15.9 Å². The molecule has 0 bridgehead atoms. The maximum absolute atomic E-state index is 9.38. The van der Waals surface area contributed by atoms with E-state index in [1.54, 1.807) is 35.2 Å². The molecule has 0 aliphatic rings. The van der Waals surface area contributed by atoms with Gasteiger partial charge in [-0.1, -0.05) is 30.0 Å². The Morgan fingerprint density at radius 1 is 1.21 bits per heavy atom. The number of rotatable bonds is 3. The van der Waals surface area contributed by atoms with Crippen molar-refractivity contribution in [2.75, 3.05) is 5.73 Å². The molecule has 0 spiro atoms. The number of phenols is 1. The van der Waals surface area contributed by atoms with Gasteiger partial charge in [0.2, 0.25) is 0 Å². The number of phenolic OH excluding ortho intramolecular Hbond substituents is 1. The SMILES string of the molecule is Nc1cc(CSc2nc3ccccc3s2)ccc1O. The van der Waals surface area contributed by atoms with Crippen LogP contribution in [-0.2, 0) is 5.75 Å². The molecule has 2 aromatic carbocycles. The van der Waals surface area contributed by atoms with Gasteiger partial charge < -0.3 is 10.8 Å². The maximum atomic E-state index is 9.38. The molecule has 1 aromatic heterocycles. The lowest BCUT2D eigenvalue weighted by Gasteiger charge is -2.02. The first-order valence-corrected chi connectivity index (χ1v) is 7.58. The van der Waals surface area contributed by atoms with Crippen molar-refractivity contribution < 1.29 is 5.11 Å². The minimum Gasteiger partial charge on any atom is -0.506 e. The van der Waals surface area contributed by atoms with Gasteiger partial charge in [-0.15, -0.1) is 11.3 Å². The molecule has 1 heterocycles. The highest BCUT2D eigenvalue weighted by Crippen LogP contribution is 2.32. The molecular weight excluding hydrogens is 276 g/mol. The van der Waals surface area contributed by atoms with Crippen LogP contribution in [0.4, 0.5) is 5.69 Å². The molecule has 0 fully saturated rings. The Morgan fingerprint density at radius 2 is 2.05 bits per heavy atom. The van der Waals surface area contributed by atoms with Crippen LogP contribution in [0.3, 0.4) is 0 Å². The maximum Gasteiger partial charge on any atom is 0.151 e. The number of para-hydroxylation sites is 1. The zero-order valence-corrected chi connectivity index (χ0v) is 11.7. The van der Waals surface area contributed by atoms with Gasteiger partial charge in [-0.25, -0.2) is 4.98 Å². The van der Waals surface area contributed by atoms with Crippen LogP contribution in [0, 0.1) is 0 Å². The van der Waals surface area contributed by atoms with Crippen molar-refractivity contribution >= 4 is 39.0 Å². The Kier molecular flexibility index (Phi) is 3.31. The fourth-order valence-electron chi connectivity index (χ4n) is 1.75. The van der Waals surface area contributed by atoms with Gasteiger partial charge in [0.1, 0.15) is 5.75 Å². The van der Waals surface area contributed by atoms with E-state index in [2.05, 4.69) is 11.1 Å². The molecule has 3 nitrogen and oxygen atoms in total. The first-order valence-electron chi connectivity index (χ1n) is 5.78. The molecule has 0 aliphatic carbocycles. The first kappa shape index (κ1) is 12.3. The monoisotopic (exact) mass is 288 g/mol. The van der Waals surface area contributed by atoms with Crippen molar-refractivity contribution in [3.8, 4) is 5.75 Å². The second kappa shape index (κ2) is 5.11. The zero-order chi connectivity index (χ0) is 13.2. The van der Waals surface area contributed by atoms with Crippen molar-refractivity contribution in [1.29, 1.82) is 0 Å². The van der Waals surface area contributed by atoms with E-state index in [0.717, 1.165) is 21.2 Å². The summed E-state index contributed by atoms with van der Waals surface area (Å²) in [5.74, 6) is 0.929. The van der Waals surface area contributed by atoms with Crippen LogP contribution in [0.5, 0.6) is 5.75 Å². The van der Waals surface area contributed by atoms with Crippen LogP contribution in [0.15, 0.2) is 46.8 Å². The van der Waals surface area contributed by atoms with E-state index in [9.17, 15) is 5.11 Å². The molecular formula is C14H12N2OS2. The summed E-state index contributed by atoms with van der Waals surface area (Å²) in [6.07, 6.45) is 0. The third-order valence-electron chi connectivity index (χ3n) is 2.73. The number of aromatic hydroxyl groups is 1. The number of thiazole rings is 1. The quantitative estimate of drug-likeness (QED) is 0.436. The molecule has 0 amide bonds. The largest absolute Gasteiger partial charge is 0.506 e. The number of aromatic nitrogens is 1. The van der Waals surface area contributed by atoms with Gasteiger partial charge in [0, 0.05) is 5.75 Å². The standard InChI is InChI=1S/C14H12N2OS2/c15-10-7-9(5-6-12(10)17)8-18-14-16-11-3-1-2-4-13(11)19-14/h1-7,17H,8,15H2. The van der Waals surface area contributed by atoms with Gasteiger partial charge in [-0.2, -0.15) is 0 Å². The Balaban J connectivity index is 1.76. The number of nitrogens with two attached hydrogens (primary N) is 1. The van der Waals surface area contributed by atoms with Crippen LogP contribution in [-0.4, -0.2) is 10.1 Å². The minimum absolute atomic E-state index is 0.133.